The third-order valence-corrected chi connectivity index (χ3v) is 6.88. The minimum absolute atomic E-state index is 0.682. The van der Waals surface area contributed by atoms with Crippen molar-refractivity contribution < 1.29 is 0 Å². The van der Waals surface area contributed by atoms with Crippen LogP contribution in [0.15, 0.2) is 97.2 Å². The molecule has 6 rings (SSSR count). The fraction of sp³-hybridized carbons (Fsp3) is 0. The zero-order valence-corrected chi connectivity index (χ0v) is 17.4. The van der Waals surface area contributed by atoms with Crippen LogP contribution < -0.4 is 0 Å². The van der Waals surface area contributed by atoms with E-state index in [0.29, 0.717) is 5.56 Å². The van der Waals surface area contributed by atoms with E-state index in [1.165, 1.54) is 31.1 Å². The maximum absolute atomic E-state index is 9.03. The summed E-state index contributed by atoms with van der Waals surface area (Å²) >= 11 is 1.81. The molecule has 0 radical (unpaired) electrons. The number of fused-ring (bicyclic) bond motifs is 4. The van der Waals surface area contributed by atoms with Crippen molar-refractivity contribution in [1.82, 2.24) is 4.98 Å². The third-order valence-electron chi connectivity index (χ3n) is 5.75. The number of hydrogen-bond acceptors (Lipinski definition) is 3. The van der Waals surface area contributed by atoms with Crippen LogP contribution in [0.2, 0.25) is 0 Å². The molecule has 3 heteroatoms. The van der Waals surface area contributed by atoms with Gasteiger partial charge in [-0.05, 0) is 52.9 Å². The van der Waals surface area contributed by atoms with Crippen LogP contribution in [0.3, 0.4) is 0 Å². The molecule has 31 heavy (non-hydrogen) atoms. The Balaban J connectivity index is 1.46. The molecule has 2 nitrogen and oxygen atoms in total. The summed E-state index contributed by atoms with van der Waals surface area (Å²) in [6.07, 6.45) is 1.95. The van der Waals surface area contributed by atoms with Crippen LogP contribution in [0.25, 0.3) is 53.3 Å². The average molecular weight is 413 g/mol. The molecular formula is C28H16N2S. The highest BCUT2D eigenvalue weighted by molar-refractivity contribution is 7.25. The van der Waals surface area contributed by atoms with Crippen molar-refractivity contribution in [1.29, 1.82) is 5.26 Å². The first-order valence-electron chi connectivity index (χ1n) is 10.1. The summed E-state index contributed by atoms with van der Waals surface area (Å²) < 4.78 is 2.54. The maximum atomic E-state index is 9.03. The molecule has 0 amide bonds. The molecule has 0 aliphatic heterocycles. The van der Waals surface area contributed by atoms with Gasteiger partial charge in [-0.25, -0.2) is 0 Å². The number of nitriles is 1. The van der Waals surface area contributed by atoms with E-state index in [1.54, 1.807) is 0 Å². The fourth-order valence-electron chi connectivity index (χ4n) is 4.09. The van der Waals surface area contributed by atoms with Crippen LogP contribution in [0.4, 0.5) is 0 Å². The van der Waals surface area contributed by atoms with Gasteiger partial charge in [0, 0.05) is 37.3 Å². The second-order valence-corrected chi connectivity index (χ2v) is 8.71. The largest absolute Gasteiger partial charge is 0.256 e. The highest BCUT2D eigenvalue weighted by Gasteiger charge is 2.10. The van der Waals surface area contributed by atoms with Crippen molar-refractivity contribution in [3.63, 3.8) is 0 Å². The molecule has 0 spiro atoms. The van der Waals surface area contributed by atoms with Crippen molar-refractivity contribution >= 4 is 42.3 Å². The van der Waals surface area contributed by atoms with Gasteiger partial charge in [-0.1, -0.05) is 54.6 Å². The lowest BCUT2D eigenvalue weighted by atomic mass is 10.0. The summed E-state index contributed by atoms with van der Waals surface area (Å²) in [5.74, 6) is 0. The zero-order chi connectivity index (χ0) is 20.8. The lowest BCUT2D eigenvalue weighted by Gasteiger charge is -2.04. The van der Waals surface area contributed by atoms with Crippen molar-refractivity contribution in [3.8, 4) is 28.5 Å². The monoisotopic (exact) mass is 412 g/mol. The number of nitrogens with zero attached hydrogens (tertiary/aromatic N) is 2. The zero-order valence-electron chi connectivity index (χ0n) is 16.5. The Morgan fingerprint density at radius 2 is 1.42 bits per heavy atom. The Bertz CT molecular complexity index is 1640. The molecule has 0 aliphatic rings. The Kier molecular flexibility index (Phi) is 4.06. The predicted octanol–water partition coefficient (Wildman–Crippen LogP) is 7.81. The van der Waals surface area contributed by atoms with E-state index in [2.05, 4.69) is 66.7 Å². The van der Waals surface area contributed by atoms with Crippen molar-refractivity contribution in [2.75, 3.05) is 0 Å². The summed E-state index contributed by atoms with van der Waals surface area (Å²) in [5.41, 5.74) is 5.10. The van der Waals surface area contributed by atoms with E-state index in [-0.39, 0.29) is 0 Å². The SMILES string of the molecule is N#Cc1ccc(-c2ccc3c(c2)sc2ccc(-c4cc5ccccc5cn4)cc23)cc1. The fourth-order valence-corrected chi connectivity index (χ4v) is 5.22. The van der Waals surface area contributed by atoms with Crippen molar-refractivity contribution in [2.45, 2.75) is 0 Å². The lowest BCUT2D eigenvalue weighted by molar-refractivity contribution is 1.36. The molecule has 2 aromatic heterocycles. The normalized spacial score (nSPS) is 11.2. The lowest BCUT2D eigenvalue weighted by Crippen LogP contribution is -1.84. The predicted molar refractivity (Wildman–Crippen MR) is 130 cm³/mol. The molecule has 0 unspecified atom stereocenters. The number of hydrogen-bond donors (Lipinski definition) is 0. The highest BCUT2D eigenvalue weighted by atomic mass is 32.1. The summed E-state index contributed by atoms with van der Waals surface area (Å²) in [7, 11) is 0. The van der Waals surface area contributed by atoms with E-state index in [1.807, 2.05) is 47.9 Å². The van der Waals surface area contributed by atoms with Gasteiger partial charge in [0.1, 0.15) is 0 Å². The van der Waals surface area contributed by atoms with Gasteiger partial charge in [0.05, 0.1) is 17.3 Å². The highest BCUT2D eigenvalue weighted by Crippen LogP contribution is 2.38. The Morgan fingerprint density at radius 1 is 0.645 bits per heavy atom. The molecule has 6 aromatic rings. The number of thiophene rings is 1. The number of benzene rings is 4. The van der Waals surface area contributed by atoms with E-state index < -0.39 is 0 Å². The first-order valence-corrected chi connectivity index (χ1v) is 10.9. The molecule has 4 aromatic carbocycles. The maximum Gasteiger partial charge on any atom is 0.0991 e. The molecule has 0 fully saturated rings. The van der Waals surface area contributed by atoms with Gasteiger partial charge in [0.15, 0.2) is 0 Å². The number of rotatable bonds is 2. The third kappa shape index (κ3) is 3.06. The van der Waals surface area contributed by atoms with Crippen LogP contribution in [-0.2, 0) is 0 Å². The summed E-state index contributed by atoms with van der Waals surface area (Å²) in [4.78, 5) is 4.70. The van der Waals surface area contributed by atoms with Gasteiger partial charge < -0.3 is 0 Å². The Morgan fingerprint density at radius 3 is 2.26 bits per heavy atom. The van der Waals surface area contributed by atoms with Crippen LogP contribution in [-0.4, -0.2) is 4.98 Å². The number of aromatic nitrogens is 1. The smallest absolute Gasteiger partial charge is 0.0991 e. The van der Waals surface area contributed by atoms with Gasteiger partial charge in [0.2, 0.25) is 0 Å². The molecule has 0 saturated heterocycles. The standard InChI is InChI=1S/C28H16N2S/c29-16-18-5-7-19(8-6-18)21-9-11-24-25-13-22(10-12-27(25)31-28(24)15-21)26-14-20-3-1-2-4-23(20)17-30-26/h1-15,17H. The minimum atomic E-state index is 0.682. The first-order chi connectivity index (χ1) is 15.3. The van der Waals surface area contributed by atoms with E-state index in [9.17, 15) is 0 Å². The van der Waals surface area contributed by atoms with E-state index in [4.69, 9.17) is 10.2 Å². The van der Waals surface area contributed by atoms with Gasteiger partial charge in [-0.3, -0.25) is 4.98 Å². The van der Waals surface area contributed by atoms with Crippen LogP contribution in [0, 0.1) is 11.3 Å². The van der Waals surface area contributed by atoms with Crippen LogP contribution in [0.5, 0.6) is 0 Å². The second-order valence-electron chi connectivity index (χ2n) is 7.63. The first kappa shape index (κ1) is 17.8. The van der Waals surface area contributed by atoms with Crippen LogP contribution >= 0.6 is 11.3 Å². The van der Waals surface area contributed by atoms with E-state index >= 15 is 0 Å². The topological polar surface area (TPSA) is 36.7 Å². The van der Waals surface area contributed by atoms with Crippen LogP contribution in [0.1, 0.15) is 5.56 Å². The Labute approximate surface area is 183 Å². The van der Waals surface area contributed by atoms with Gasteiger partial charge in [-0.2, -0.15) is 5.26 Å². The molecule has 0 saturated carbocycles. The van der Waals surface area contributed by atoms with Gasteiger partial charge in [-0.15, -0.1) is 11.3 Å². The molecule has 0 N–H and O–H groups in total. The van der Waals surface area contributed by atoms with E-state index in [0.717, 1.165) is 22.2 Å². The summed E-state index contributed by atoms with van der Waals surface area (Å²) in [6, 6.07) is 33.7. The summed E-state index contributed by atoms with van der Waals surface area (Å²) in [6.45, 7) is 0. The molecule has 2 heterocycles. The van der Waals surface area contributed by atoms with Crippen molar-refractivity contribution in [2.24, 2.45) is 0 Å². The molecule has 144 valence electrons. The summed E-state index contributed by atoms with van der Waals surface area (Å²) in [5, 5.41) is 13.9. The molecule has 0 bridgehead atoms. The average Bonchev–Trinajstić information content (AvgIpc) is 3.21. The number of pyridine rings is 1. The van der Waals surface area contributed by atoms with Gasteiger partial charge in [0.25, 0.3) is 0 Å². The molecule has 0 atom stereocenters. The molecular weight excluding hydrogens is 396 g/mol. The second kappa shape index (κ2) is 7.05. The Hall–Kier alpha value is -4.00. The minimum Gasteiger partial charge on any atom is -0.256 e. The van der Waals surface area contributed by atoms with Gasteiger partial charge >= 0.3 is 0 Å². The quantitative estimate of drug-likeness (QED) is 0.291. The van der Waals surface area contributed by atoms with Crippen molar-refractivity contribution in [3.05, 3.63) is 103 Å². The molecule has 0 aliphatic carbocycles.